The van der Waals surface area contributed by atoms with Crippen LogP contribution in [0.3, 0.4) is 0 Å². The molecule has 2 aromatic heterocycles. The zero-order chi connectivity index (χ0) is 14.8. The van der Waals surface area contributed by atoms with Crippen LogP contribution in [0.15, 0.2) is 24.4 Å². The number of likely N-dealkylation sites (tertiary alicyclic amines) is 1. The normalized spacial score (nSPS) is 19.3. The van der Waals surface area contributed by atoms with Crippen molar-refractivity contribution in [1.82, 2.24) is 19.7 Å². The first-order valence-corrected chi connectivity index (χ1v) is 7.87. The average molecular weight is 305 g/mol. The van der Waals surface area contributed by atoms with Gasteiger partial charge < -0.3 is 0 Å². The first-order chi connectivity index (χ1) is 10.2. The van der Waals surface area contributed by atoms with Gasteiger partial charge in [-0.05, 0) is 38.4 Å². The Labute approximate surface area is 130 Å². The minimum atomic E-state index is 0.398. The second-order valence-electron chi connectivity index (χ2n) is 5.68. The lowest BCUT2D eigenvalue weighted by atomic mass is 10.1. The van der Waals surface area contributed by atoms with Crippen LogP contribution in [-0.4, -0.2) is 32.8 Å². The second kappa shape index (κ2) is 6.16. The molecule has 0 aromatic carbocycles. The van der Waals surface area contributed by atoms with E-state index in [2.05, 4.69) is 28.0 Å². The van der Waals surface area contributed by atoms with Gasteiger partial charge in [0.25, 0.3) is 0 Å². The summed E-state index contributed by atoms with van der Waals surface area (Å²) in [6.07, 6.45) is 5.22. The van der Waals surface area contributed by atoms with E-state index in [1.54, 1.807) is 4.68 Å². The fraction of sp³-hybridized carbons (Fsp3) is 0.500. The van der Waals surface area contributed by atoms with E-state index in [1.807, 2.05) is 25.4 Å². The highest BCUT2D eigenvalue weighted by atomic mass is 35.5. The van der Waals surface area contributed by atoms with Crippen LogP contribution in [0, 0.1) is 6.92 Å². The minimum absolute atomic E-state index is 0.398. The van der Waals surface area contributed by atoms with E-state index >= 15 is 0 Å². The van der Waals surface area contributed by atoms with Gasteiger partial charge in [0, 0.05) is 43.5 Å². The maximum atomic E-state index is 6.44. The molecule has 3 rings (SSSR count). The highest BCUT2D eigenvalue weighted by Crippen LogP contribution is 2.37. The highest BCUT2D eigenvalue weighted by Gasteiger charge is 2.30. The molecule has 0 N–H and O–H groups in total. The molecule has 1 aliphatic heterocycles. The van der Waals surface area contributed by atoms with Crippen LogP contribution in [0.5, 0.6) is 0 Å². The van der Waals surface area contributed by atoms with Crippen LogP contribution in [0.4, 0.5) is 0 Å². The fourth-order valence-electron chi connectivity index (χ4n) is 3.25. The number of halogens is 1. The third-order valence-corrected chi connectivity index (χ3v) is 4.72. The first-order valence-electron chi connectivity index (χ1n) is 7.50. The molecular formula is C16H21ClN4. The van der Waals surface area contributed by atoms with Gasteiger partial charge in [0.15, 0.2) is 0 Å². The number of nitrogens with zero attached hydrogens (tertiary/aromatic N) is 4. The van der Waals surface area contributed by atoms with E-state index in [0.717, 1.165) is 42.5 Å². The Balaban J connectivity index is 1.73. The Hall–Kier alpha value is -1.39. The largest absolute Gasteiger partial charge is 0.296 e. The molecule has 0 amide bonds. The third kappa shape index (κ3) is 2.97. The molecule has 0 saturated carbocycles. The second-order valence-corrected chi connectivity index (χ2v) is 6.04. The van der Waals surface area contributed by atoms with Crippen molar-refractivity contribution in [3.05, 3.63) is 46.5 Å². The Morgan fingerprint density at radius 1 is 1.38 bits per heavy atom. The van der Waals surface area contributed by atoms with Crippen LogP contribution in [0.1, 0.15) is 35.8 Å². The number of hydrogen-bond acceptors (Lipinski definition) is 3. The Bertz CT molecular complexity index is 608. The minimum Gasteiger partial charge on any atom is -0.296 e. The average Bonchev–Trinajstić information content (AvgIpc) is 3.03. The zero-order valence-electron chi connectivity index (χ0n) is 12.6. The lowest BCUT2D eigenvalue weighted by molar-refractivity contribution is 0.259. The molecule has 2 aromatic rings. The fourth-order valence-corrected chi connectivity index (χ4v) is 3.55. The van der Waals surface area contributed by atoms with Gasteiger partial charge in [-0.25, -0.2) is 0 Å². The van der Waals surface area contributed by atoms with E-state index < -0.39 is 0 Å². The molecule has 3 heterocycles. The number of hydrogen-bond donors (Lipinski definition) is 0. The van der Waals surface area contributed by atoms with Crippen LogP contribution in [0.25, 0.3) is 0 Å². The van der Waals surface area contributed by atoms with Crippen LogP contribution in [-0.2, 0) is 13.5 Å². The predicted octanol–water partition coefficient (Wildman–Crippen LogP) is 3.16. The summed E-state index contributed by atoms with van der Waals surface area (Å²) < 4.78 is 1.78. The van der Waals surface area contributed by atoms with E-state index in [-0.39, 0.29) is 0 Å². The topological polar surface area (TPSA) is 34.0 Å². The molecule has 5 heteroatoms. The molecule has 1 aliphatic rings. The summed E-state index contributed by atoms with van der Waals surface area (Å²) in [5.41, 5.74) is 3.41. The first kappa shape index (κ1) is 14.5. The van der Waals surface area contributed by atoms with Gasteiger partial charge in [0.1, 0.15) is 5.15 Å². The van der Waals surface area contributed by atoms with Gasteiger partial charge in [0.05, 0.1) is 5.69 Å². The van der Waals surface area contributed by atoms with Crippen molar-refractivity contribution < 1.29 is 0 Å². The Kier molecular flexibility index (Phi) is 4.27. The summed E-state index contributed by atoms with van der Waals surface area (Å²) in [5.74, 6) is 0. The lowest BCUT2D eigenvalue weighted by Gasteiger charge is -2.24. The number of pyridine rings is 1. The van der Waals surface area contributed by atoms with E-state index in [4.69, 9.17) is 11.6 Å². The van der Waals surface area contributed by atoms with Crippen molar-refractivity contribution in [2.75, 3.05) is 13.1 Å². The Morgan fingerprint density at radius 2 is 2.24 bits per heavy atom. The van der Waals surface area contributed by atoms with Crippen molar-refractivity contribution in [3.63, 3.8) is 0 Å². The van der Waals surface area contributed by atoms with Crippen molar-refractivity contribution in [3.8, 4) is 0 Å². The smallest absolute Gasteiger partial charge is 0.131 e. The van der Waals surface area contributed by atoms with Gasteiger partial charge in [0.2, 0.25) is 0 Å². The third-order valence-electron chi connectivity index (χ3n) is 4.27. The Morgan fingerprint density at radius 3 is 2.90 bits per heavy atom. The standard InChI is InChI=1S/C16H21ClN4/c1-12-15(16(17)20(2)19-12)14-7-5-10-21(14)11-8-13-6-3-4-9-18-13/h3-4,6,9,14H,5,7-8,10-11H2,1-2H3. The van der Waals surface area contributed by atoms with Gasteiger partial charge in [-0.1, -0.05) is 17.7 Å². The summed E-state index contributed by atoms with van der Waals surface area (Å²) in [6.45, 7) is 4.20. The predicted molar refractivity (Wildman–Crippen MR) is 84.4 cm³/mol. The molecule has 21 heavy (non-hydrogen) atoms. The molecule has 0 radical (unpaired) electrons. The molecule has 0 spiro atoms. The SMILES string of the molecule is Cc1nn(C)c(Cl)c1C1CCCN1CCc1ccccn1. The maximum absolute atomic E-state index is 6.44. The summed E-state index contributed by atoms with van der Waals surface area (Å²) in [4.78, 5) is 6.93. The van der Waals surface area contributed by atoms with Gasteiger partial charge in [-0.3, -0.25) is 14.6 Å². The molecule has 0 bridgehead atoms. The van der Waals surface area contributed by atoms with Gasteiger partial charge >= 0.3 is 0 Å². The van der Waals surface area contributed by atoms with Gasteiger partial charge in [-0.15, -0.1) is 0 Å². The highest BCUT2D eigenvalue weighted by molar-refractivity contribution is 6.30. The number of aryl methyl sites for hydroxylation is 2. The molecule has 4 nitrogen and oxygen atoms in total. The number of rotatable bonds is 4. The zero-order valence-corrected chi connectivity index (χ0v) is 13.3. The molecule has 1 saturated heterocycles. The molecule has 1 unspecified atom stereocenters. The molecule has 1 atom stereocenters. The van der Waals surface area contributed by atoms with E-state index in [9.17, 15) is 0 Å². The number of aromatic nitrogens is 3. The van der Waals surface area contributed by atoms with Crippen molar-refractivity contribution >= 4 is 11.6 Å². The summed E-state index contributed by atoms with van der Waals surface area (Å²) >= 11 is 6.44. The van der Waals surface area contributed by atoms with Crippen molar-refractivity contribution in [2.45, 2.75) is 32.2 Å². The lowest BCUT2D eigenvalue weighted by Crippen LogP contribution is -2.26. The van der Waals surface area contributed by atoms with Crippen LogP contribution >= 0.6 is 11.6 Å². The monoisotopic (exact) mass is 304 g/mol. The van der Waals surface area contributed by atoms with Gasteiger partial charge in [-0.2, -0.15) is 5.10 Å². The van der Waals surface area contributed by atoms with Crippen molar-refractivity contribution in [1.29, 1.82) is 0 Å². The summed E-state index contributed by atoms with van der Waals surface area (Å²) in [6, 6.07) is 6.50. The summed E-state index contributed by atoms with van der Waals surface area (Å²) in [5, 5.41) is 5.23. The molecule has 1 fully saturated rings. The van der Waals surface area contributed by atoms with E-state index in [0.29, 0.717) is 6.04 Å². The molecular weight excluding hydrogens is 284 g/mol. The summed E-state index contributed by atoms with van der Waals surface area (Å²) in [7, 11) is 1.91. The van der Waals surface area contributed by atoms with E-state index in [1.165, 1.54) is 12.0 Å². The quantitative estimate of drug-likeness (QED) is 0.870. The van der Waals surface area contributed by atoms with Crippen molar-refractivity contribution in [2.24, 2.45) is 7.05 Å². The van der Waals surface area contributed by atoms with Crippen LogP contribution in [0.2, 0.25) is 5.15 Å². The molecule has 112 valence electrons. The molecule has 0 aliphatic carbocycles. The van der Waals surface area contributed by atoms with Crippen LogP contribution < -0.4 is 0 Å². The maximum Gasteiger partial charge on any atom is 0.131 e.